The molecule has 5 nitrogen and oxygen atoms in total. The van der Waals surface area contributed by atoms with E-state index in [1.54, 1.807) is 13.8 Å². The molecule has 0 saturated heterocycles. The van der Waals surface area contributed by atoms with E-state index in [-0.39, 0.29) is 28.8 Å². The van der Waals surface area contributed by atoms with Crippen molar-refractivity contribution in [1.82, 2.24) is 0 Å². The van der Waals surface area contributed by atoms with Crippen LogP contribution in [-0.4, -0.2) is 17.9 Å². The van der Waals surface area contributed by atoms with Gasteiger partial charge in [-0.3, -0.25) is 4.79 Å². The normalized spacial score (nSPS) is 22.2. The van der Waals surface area contributed by atoms with E-state index in [0.717, 1.165) is 5.56 Å². The quantitative estimate of drug-likeness (QED) is 0.839. The summed E-state index contributed by atoms with van der Waals surface area (Å²) in [6, 6.07) is 9.43. The van der Waals surface area contributed by atoms with Gasteiger partial charge in [0.25, 0.3) is 0 Å². The molecule has 26 heavy (non-hydrogen) atoms. The summed E-state index contributed by atoms with van der Waals surface area (Å²) in [6.45, 7) is 7.60. The Kier molecular flexibility index (Phi) is 4.65. The van der Waals surface area contributed by atoms with E-state index < -0.39 is 11.9 Å². The van der Waals surface area contributed by atoms with Crippen molar-refractivity contribution in [2.75, 3.05) is 0 Å². The summed E-state index contributed by atoms with van der Waals surface area (Å²) in [4.78, 5) is 25.7. The van der Waals surface area contributed by atoms with Crippen molar-refractivity contribution in [2.45, 2.75) is 52.6 Å². The number of hydrogen-bond donors (Lipinski definition) is 1. The van der Waals surface area contributed by atoms with Crippen LogP contribution < -0.4 is 5.73 Å². The van der Waals surface area contributed by atoms with Crippen LogP contribution in [0.15, 0.2) is 53.1 Å². The molecule has 0 saturated carbocycles. The van der Waals surface area contributed by atoms with Gasteiger partial charge in [0.05, 0.1) is 12.0 Å². The third-order valence-corrected chi connectivity index (χ3v) is 4.65. The molecule has 0 spiro atoms. The second-order valence-corrected chi connectivity index (χ2v) is 7.96. The Balaban J connectivity index is 2.14. The molecular weight excluding hydrogens is 330 g/mol. The van der Waals surface area contributed by atoms with Crippen molar-refractivity contribution >= 4 is 11.8 Å². The van der Waals surface area contributed by atoms with Crippen molar-refractivity contribution in [2.24, 2.45) is 11.1 Å². The zero-order valence-corrected chi connectivity index (χ0v) is 15.7. The first-order valence-corrected chi connectivity index (χ1v) is 8.89. The third-order valence-electron chi connectivity index (χ3n) is 4.65. The number of benzene rings is 1. The van der Waals surface area contributed by atoms with Gasteiger partial charge in [0.15, 0.2) is 5.78 Å². The molecule has 1 aromatic rings. The lowest BCUT2D eigenvalue weighted by Crippen LogP contribution is -2.36. The minimum absolute atomic E-state index is 0.00699. The highest BCUT2D eigenvalue weighted by Crippen LogP contribution is 2.48. The molecule has 1 aliphatic heterocycles. The van der Waals surface area contributed by atoms with E-state index in [1.165, 1.54) is 0 Å². The predicted molar refractivity (Wildman–Crippen MR) is 97.8 cm³/mol. The van der Waals surface area contributed by atoms with Gasteiger partial charge in [0.2, 0.25) is 5.88 Å². The number of nitrogens with two attached hydrogens (primary N) is 1. The fourth-order valence-electron chi connectivity index (χ4n) is 3.64. The van der Waals surface area contributed by atoms with Gasteiger partial charge >= 0.3 is 5.97 Å². The summed E-state index contributed by atoms with van der Waals surface area (Å²) >= 11 is 0. The zero-order valence-electron chi connectivity index (χ0n) is 15.7. The van der Waals surface area contributed by atoms with Crippen LogP contribution in [0.1, 0.15) is 52.0 Å². The summed E-state index contributed by atoms with van der Waals surface area (Å²) in [5, 5.41) is 0. The van der Waals surface area contributed by atoms with E-state index >= 15 is 0 Å². The van der Waals surface area contributed by atoms with Crippen LogP contribution in [0.4, 0.5) is 0 Å². The lowest BCUT2D eigenvalue weighted by molar-refractivity contribution is -0.143. The van der Waals surface area contributed by atoms with E-state index in [9.17, 15) is 9.59 Å². The van der Waals surface area contributed by atoms with Crippen LogP contribution in [0.25, 0.3) is 0 Å². The fraction of sp³-hybridized carbons (Fsp3) is 0.429. The molecule has 0 radical (unpaired) electrons. The molecule has 2 N–H and O–H groups in total. The predicted octanol–water partition coefficient (Wildman–Crippen LogP) is 3.57. The van der Waals surface area contributed by atoms with Gasteiger partial charge in [0, 0.05) is 18.4 Å². The van der Waals surface area contributed by atoms with Crippen molar-refractivity contribution in [3.05, 3.63) is 58.7 Å². The molecular formula is C21H25NO4. The van der Waals surface area contributed by atoms with Gasteiger partial charge < -0.3 is 15.2 Å². The second kappa shape index (κ2) is 6.63. The number of ether oxygens (including phenoxy) is 2. The minimum atomic E-state index is -0.560. The molecule has 1 heterocycles. The average Bonchev–Trinajstić information content (AvgIpc) is 2.52. The molecule has 0 amide bonds. The Labute approximate surface area is 153 Å². The van der Waals surface area contributed by atoms with Gasteiger partial charge in [-0.15, -0.1) is 0 Å². The summed E-state index contributed by atoms with van der Waals surface area (Å²) in [5.74, 6) is -0.523. The largest absolute Gasteiger partial charge is 0.459 e. The first kappa shape index (κ1) is 18.2. The number of carbonyl (C=O) groups is 2. The molecule has 0 aromatic heterocycles. The fourth-order valence-corrected chi connectivity index (χ4v) is 3.64. The smallest absolute Gasteiger partial charge is 0.340 e. The van der Waals surface area contributed by atoms with E-state index in [4.69, 9.17) is 15.2 Å². The Hall–Kier alpha value is -2.56. The highest BCUT2D eigenvalue weighted by Gasteiger charge is 2.45. The number of carbonyl (C=O) groups excluding carboxylic acids is 2. The van der Waals surface area contributed by atoms with E-state index in [1.807, 2.05) is 44.2 Å². The Morgan fingerprint density at radius 2 is 1.88 bits per heavy atom. The summed E-state index contributed by atoms with van der Waals surface area (Å²) < 4.78 is 11.2. The second-order valence-electron chi connectivity index (χ2n) is 7.96. The molecule has 2 aliphatic rings. The first-order valence-electron chi connectivity index (χ1n) is 8.89. The molecule has 5 heteroatoms. The molecule has 0 fully saturated rings. The lowest BCUT2D eigenvalue weighted by Gasteiger charge is -2.38. The number of hydrogen-bond acceptors (Lipinski definition) is 5. The molecule has 1 atom stereocenters. The SMILES string of the molecule is CC(C)OC(=O)C1=C(N)OC2=C(C(=O)CC(C)(C)C2)[C@H]1c1ccccc1. The minimum Gasteiger partial charge on any atom is -0.459 e. The lowest BCUT2D eigenvalue weighted by atomic mass is 9.70. The van der Waals surface area contributed by atoms with Crippen molar-refractivity contribution in [1.29, 1.82) is 0 Å². The molecule has 3 rings (SSSR count). The standard InChI is InChI=1S/C21H25NO4/c1-12(2)25-20(24)18-16(13-8-6-5-7-9-13)17-14(23)10-21(3,4)11-15(17)26-19(18)22/h5-9,12,16H,10-11,22H2,1-4H3/t16-/m1/s1. The Morgan fingerprint density at radius 1 is 1.23 bits per heavy atom. The first-order chi connectivity index (χ1) is 12.2. The molecule has 0 unspecified atom stereocenters. The van der Waals surface area contributed by atoms with Gasteiger partial charge in [0.1, 0.15) is 11.3 Å². The van der Waals surface area contributed by atoms with Crippen LogP contribution in [0, 0.1) is 5.41 Å². The van der Waals surface area contributed by atoms with E-state index in [0.29, 0.717) is 24.2 Å². The summed E-state index contributed by atoms with van der Waals surface area (Å²) in [5.41, 5.74) is 7.50. The number of rotatable bonds is 3. The van der Waals surface area contributed by atoms with Crippen LogP contribution in [0.2, 0.25) is 0 Å². The van der Waals surface area contributed by atoms with Gasteiger partial charge in [-0.2, -0.15) is 0 Å². The molecule has 0 bridgehead atoms. The zero-order chi connectivity index (χ0) is 19.1. The number of Topliss-reactive ketones (excluding diaryl/α,β-unsaturated/α-hetero) is 1. The van der Waals surface area contributed by atoms with Gasteiger partial charge in [-0.05, 0) is 24.8 Å². The van der Waals surface area contributed by atoms with Crippen LogP contribution >= 0.6 is 0 Å². The Bertz CT molecular complexity index is 803. The maximum absolute atomic E-state index is 13.0. The van der Waals surface area contributed by atoms with Crippen LogP contribution in [-0.2, 0) is 19.1 Å². The van der Waals surface area contributed by atoms with Gasteiger partial charge in [-0.25, -0.2) is 4.79 Å². The van der Waals surface area contributed by atoms with Crippen molar-refractivity contribution < 1.29 is 19.1 Å². The molecule has 138 valence electrons. The summed E-state index contributed by atoms with van der Waals surface area (Å²) in [6.07, 6.45) is 0.714. The van der Waals surface area contributed by atoms with Crippen molar-refractivity contribution in [3.8, 4) is 0 Å². The van der Waals surface area contributed by atoms with Crippen LogP contribution in [0.5, 0.6) is 0 Å². The highest BCUT2D eigenvalue weighted by molar-refractivity contribution is 6.03. The molecule has 1 aromatic carbocycles. The maximum Gasteiger partial charge on any atom is 0.340 e. The highest BCUT2D eigenvalue weighted by atomic mass is 16.5. The van der Waals surface area contributed by atoms with Crippen LogP contribution in [0.3, 0.4) is 0 Å². The Morgan fingerprint density at radius 3 is 2.50 bits per heavy atom. The monoisotopic (exact) mass is 355 g/mol. The maximum atomic E-state index is 13.0. The molecule has 1 aliphatic carbocycles. The average molecular weight is 355 g/mol. The number of esters is 1. The number of allylic oxidation sites excluding steroid dienone is 2. The van der Waals surface area contributed by atoms with Gasteiger partial charge in [-0.1, -0.05) is 44.2 Å². The van der Waals surface area contributed by atoms with Crippen molar-refractivity contribution in [3.63, 3.8) is 0 Å². The summed E-state index contributed by atoms with van der Waals surface area (Å²) in [7, 11) is 0. The number of ketones is 1. The third kappa shape index (κ3) is 3.39. The van der Waals surface area contributed by atoms with E-state index in [2.05, 4.69) is 0 Å². The topological polar surface area (TPSA) is 78.6 Å².